The van der Waals surface area contributed by atoms with Crippen LogP contribution in [0.15, 0.2) is 0 Å². The van der Waals surface area contributed by atoms with Gasteiger partial charge >= 0.3 is 12.0 Å². The van der Waals surface area contributed by atoms with Crippen LogP contribution in [0.1, 0.15) is 58.3 Å². The van der Waals surface area contributed by atoms with Crippen LogP contribution in [0, 0.1) is 11.8 Å². The highest BCUT2D eigenvalue weighted by atomic mass is 16.4. The Morgan fingerprint density at radius 1 is 1.24 bits per heavy atom. The van der Waals surface area contributed by atoms with Crippen molar-refractivity contribution in [3.63, 3.8) is 0 Å². The summed E-state index contributed by atoms with van der Waals surface area (Å²) in [7, 11) is 0. The number of piperidine rings is 1. The molecule has 2 amide bonds. The fourth-order valence-corrected chi connectivity index (χ4v) is 4.42. The van der Waals surface area contributed by atoms with Crippen molar-refractivity contribution in [2.45, 2.75) is 69.9 Å². The zero-order valence-corrected chi connectivity index (χ0v) is 12.8. The molecule has 2 atom stereocenters. The number of carboxylic acid groups (broad SMARTS) is 1. The second-order valence-corrected chi connectivity index (χ2v) is 7.15. The van der Waals surface area contributed by atoms with Gasteiger partial charge in [-0.1, -0.05) is 13.3 Å². The van der Waals surface area contributed by atoms with Crippen LogP contribution < -0.4 is 5.32 Å². The van der Waals surface area contributed by atoms with Gasteiger partial charge < -0.3 is 15.3 Å². The van der Waals surface area contributed by atoms with E-state index in [1.54, 1.807) is 0 Å². The summed E-state index contributed by atoms with van der Waals surface area (Å²) >= 11 is 0. The number of carboxylic acids is 1. The lowest BCUT2D eigenvalue weighted by Crippen LogP contribution is -2.60. The maximum Gasteiger partial charge on any atom is 0.329 e. The molecule has 1 aliphatic heterocycles. The maximum absolute atomic E-state index is 12.5. The SMILES string of the molecule is CCC1CCC(NC(=O)N2CC3CCC2C3)(C(=O)O)CC1. The first kappa shape index (κ1) is 14.7. The average molecular weight is 294 g/mol. The van der Waals surface area contributed by atoms with Crippen molar-refractivity contribution in [1.29, 1.82) is 0 Å². The molecule has 3 rings (SSSR count). The summed E-state index contributed by atoms with van der Waals surface area (Å²) < 4.78 is 0. The molecule has 0 spiro atoms. The molecule has 21 heavy (non-hydrogen) atoms. The number of nitrogens with zero attached hydrogens (tertiary/aromatic N) is 1. The molecule has 2 bridgehead atoms. The van der Waals surface area contributed by atoms with E-state index >= 15 is 0 Å². The molecule has 1 saturated heterocycles. The number of likely N-dealkylation sites (tertiary alicyclic amines) is 1. The van der Waals surface area contributed by atoms with E-state index in [0.29, 0.717) is 30.7 Å². The Morgan fingerprint density at radius 3 is 2.43 bits per heavy atom. The minimum absolute atomic E-state index is 0.153. The van der Waals surface area contributed by atoms with Gasteiger partial charge in [0.2, 0.25) is 0 Å². The first-order valence-corrected chi connectivity index (χ1v) is 8.36. The van der Waals surface area contributed by atoms with E-state index in [1.165, 1.54) is 6.42 Å². The Labute approximate surface area is 126 Å². The molecule has 3 aliphatic rings. The molecule has 0 aromatic rings. The number of carbonyl (C=O) groups excluding carboxylic acids is 1. The number of fused-ring (bicyclic) bond motifs is 2. The molecule has 0 aromatic carbocycles. The molecule has 3 fully saturated rings. The molecule has 2 N–H and O–H groups in total. The van der Waals surface area contributed by atoms with Gasteiger partial charge in [-0.05, 0) is 56.8 Å². The first-order chi connectivity index (χ1) is 10.0. The van der Waals surface area contributed by atoms with Crippen molar-refractivity contribution in [1.82, 2.24) is 10.2 Å². The van der Waals surface area contributed by atoms with Crippen LogP contribution in [0.4, 0.5) is 4.79 Å². The highest BCUT2D eigenvalue weighted by Gasteiger charge is 2.46. The van der Waals surface area contributed by atoms with Crippen LogP contribution in [-0.2, 0) is 4.79 Å². The Hall–Kier alpha value is -1.26. The van der Waals surface area contributed by atoms with E-state index in [0.717, 1.165) is 38.6 Å². The third-order valence-corrected chi connectivity index (χ3v) is 5.96. The van der Waals surface area contributed by atoms with Gasteiger partial charge in [-0.15, -0.1) is 0 Å². The lowest BCUT2D eigenvalue weighted by molar-refractivity contribution is -0.146. The number of nitrogens with one attached hydrogen (secondary N) is 1. The molecule has 2 unspecified atom stereocenters. The first-order valence-electron chi connectivity index (χ1n) is 8.36. The van der Waals surface area contributed by atoms with Gasteiger partial charge in [0.1, 0.15) is 5.54 Å². The highest BCUT2D eigenvalue weighted by Crippen LogP contribution is 2.38. The number of hydrogen-bond donors (Lipinski definition) is 2. The van der Waals surface area contributed by atoms with Gasteiger partial charge in [0.25, 0.3) is 0 Å². The number of hydrogen-bond acceptors (Lipinski definition) is 2. The molecular weight excluding hydrogens is 268 g/mol. The standard InChI is InChI=1S/C16H26N2O3/c1-2-11-5-7-16(8-6-11,14(19)20)17-15(21)18-10-12-3-4-13(18)9-12/h11-13H,2-10H2,1H3,(H,17,21)(H,19,20). The van der Waals surface area contributed by atoms with Crippen molar-refractivity contribution < 1.29 is 14.7 Å². The Morgan fingerprint density at radius 2 is 1.95 bits per heavy atom. The third kappa shape index (κ3) is 2.62. The fourth-order valence-electron chi connectivity index (χ4n) is 4.42. The fraction of sp³-hybridized carbons (Fsp3) is 0.875. The smallest absolute Gasteiger partial charge is 0.329 e. The second kappa shape index (κ2) is 5.50. The average Bonchev–Trinajstić information content (AvgIpc) is 3.10. The van der Waals surface area contributed by atoms with Gasteiger partial charge in [0.05, 0.1) is 0 Å². The van der Waals surface area contributed by atoms with E-state index in [-0.39, 0.29) is 6.03 Å². The van der Waals surface area contributed by atoms with E-state index in [1.807, 2.05) is 4.90 Å². The number of amides is 2. The number of rotatable bonds is 3. The van der Waals surface area contributed by atoms with Crippen molar-refractivity contribution in [2.24, 2.45) is 11.8 Å². The lowest BCUT2D eigenvalue weighted by atomic mass is 9.75. The highest BCUT2D eigenvalue weighted by molar-refractivity contribution is 5.86. The maximum atomic E-state index is 12.5. The van der Waals surface area contributed by atoms with Gasteiger partial charge in [0, 0.05) is 12.6 Å². The summed E-state index contributed by atoms with van der Waals surface area (Å²) in [4.78, 5) is 26.1. The summed E-state index contributed by atoms with van der Waals surface area (Å²) in [6.07, 6.45) is 7.42. The summed E-state index contributed by atoms with van der Waals surface area (Å²) in [5.74, 6) is 0.379. The van der Waals surface area contributed by atoms with Crippen LogP contribution in [-0.4, -0.2) is 40.1 Å². The topological polar surface area (TPSA) is 69.6 Å². The van der Waals surface area contributed by atoms with Gasteiger partial charge in [-0.2, -0.15) is 0 Å². The zero-order valence-electron chi connectivity index (χ0n) is 12.8. The van der Waals surface area contributed by atoms with Crippen LogP contribution in [0.2, 0.25) is 0 Å². The number of carbonyl (C=O) groups is 2. The molecule has 5 nitrogen and oxygen atoms in total. The Kier molecular flexibility index (Phi) is 3.84. The van der Waals surface area contributed by atoms with Gasteiger partial charge in [0.15, 0.2) is 0 Å². The van der Waals surface area contributed by atoms with Crippen LogP contribution >= 0.6 is 0 Å². The number of aliphatic carboxylic acids is 1. The predicted molar refractivity (Wildman–Crippen MR) is 79.0 cm³/mol. The van der Waals surface area contributed by atoms with Crippen LogP contribution in [0.3, 0.4) is 0 Å². The summed E-state index contributed by atoms with van der Waals surface area (Å²) in [5, 5.41) is 12.5. The van der Waals surface area contributed by atoms with Crippen LogP contribution in [0.25, 0.3) is 0 Å². The van der Waals surface area contributed by atoms with Gasteiger partial charge in [-0.25, -0.2) is 9.59 Å². The normalized spacial score (nSPS) is 38.5. The Bertz CT molecular complexity index is 429. The van der Waals surface area contributed by atoms with Crippen molar-refractivity contribution in [3.05, 3.63) is 0 Å². The summed E-state index contributed by atoms with van der Waals surface area (Å²) in [6, 6.07) is 0.187. The quantitative estimate of drug-likeness (QED) is 0.840. The number of urea groups is 1. The molecular formula is C16H26N2O3. The summed E-state index contributed by atoms with van der Waals surface area (Å²) in [6.45, 7) is 2.96. The second-order valence-electron chi connectivity index (χ2n) is 7.15. The van der Waals surface area contributed by atoms with Gasteiger partial charge in [-0.3, -0.25) is 0 Å². The molecule has 0 aromatic heterocycles. The lowest BCUT2D eigenvalue weighted by Gasteiger charge is -2.39. The molecule has 5 heteroatoms. The largest absolute Gasteiger partial charge is 0.480 e. The van der Waals surface area contributed by atoms with Crippen molar-refractivity contribution in [2.75, 3.05) is 6.54 Å². The molecule has 2 aliphatic carbocycles. The molecule has 2 saturated carbocycles. The molecule has 118 valence electrons. The molecule has 1 heterocycles. The van der Waals surface area contributed by atoms with E-state index in [9.17, 15) is 14.7 Å². The Balaban J connectivity index is 1.65. The van der Waals surface area contributed by atoms with E-state index in [4.69, 9.17) is 0 Å². The molecule has 0 radical (unpaired) electrons. The summed E-state index contributed by atoms with van der Waals surface area (Å²) in [5.41, 5.74) is -1.04. The van der Waals surface area contributed by atoms with Crippen molar-refractivity contribution in [3.8, 4) is 0 Å². The predicted octanol–water partition coefficient (Wildman–Crippen LogP) is 2.60. The minimum atomic E-state index is -1.04. The third-order valence-electron chi connectivity index (χ3n) is 5.96. The van der Waals surface area contributed by atoms with Crippen LogP contribution in [0.5, 0.6) is 0 Å². The van der Waals surface area contributed by atoms with Crippen molar-refractivity contribution >= 4 is 12.0 Å². The minimum Gasteiger partial charge on any atom is -0.480 e. The zero-order chi connectivity index (χ0) is 15.0. The van der Waals surface area contributed by atoms with E-state index in [2.05, 4.69) is 12.2 Å². The monoisotopic (exact) mass is 294 g/mol. The van der Waals surface area contributed by atoms with E-state index < -0.39 is 11.5 Å².